The van der Waals surface area contributed by atoms with Crippen molar-refractivity contribution in [2.24, 2.45) is 0 Å². The summed E-state index contributed by atoms with van der Waals surface area (Å²) in [5.74, 6) is 0. The van der Waals surface area contributed by atoms with Gasteiger partial charge in [0.05, 0.1) is 5.69 Å². The van der Waals surface area contributed by atoms with E-state index in [9.17, 15) is 0 Å². The average molecular weight is 825 g/mol. The van der Waals surface area contributed by atoms with E-state index in [1.165, 1.54) is 72.1 Å². The van der Waals surface area contributed by atoms with Crippen LogP contribution in [0.3, 0.4) is 0 Å². The van der Waals surface area contributed by atoms with Crippen molar-refractivity contribution in [3.63, 3.8) is 0 Å². The Morgan fingerprint density at radius 2 is 1.06 bits per heavy atom. The number of furan rings is 1. The fourth-order valence-corrected chi connectivity index (χ4v) is 10.5. The van der Waals surface area contributed by atoms with Gasteiger partial charge in [-0.25, -0.2) is 0 Å². The predicted molar refractivity (Wildman–Crippen MR) is 273 cm³/mol. The molecule has 0 spiro atoms. The molecule has 3 nitrogen and oxygen atoms in total. The molecule has 308 valence electrons. The summed E-state index contributed by atoms with van der Waals surface area (Å²) >= 11 is 0. The lowest BCUT2D eigenvalue weighted by molar-refractivity contribution is 0.590. The molecule has 0 bridgehead atoms. The maximum atomic E-state index is 7.19. The molecule has 0 saturated heterocycles. The lowest BCUT2D eigenvalue weighted by atomic mass is 9.43. The minimum atomic E-state index is -0.238. The van der Waals surface area contributed by atoms with E-state index in [2.05, 4.69) is 239 Å². The number of anilines is 5. The summed E-state index contributed by atoms with van der Waals surface area (Å²) < 4.78 is 7.19. The van der Waals surface area contributed by atoms with Crippen molar-refractivity contribution in [3.05, 3.63) is 199 Å². The van der Waals surface area contributed by atoms with Gasteiger partial charge in [-0.15, -0.1) is 0 Å². The van der Waals surface area contributed by atoms with Crippen LogP contribution in [0.15, 0.2) is 192 Å². The minimum Gasteiger partial charge on any atom is -0.456 e. The van der Waals surface area contributed by atoms with Gasteiger partial charge < -0.3 is 14.1 Å². The molecular formula is C60H49BN2O. The molecule has 0 amide bonds. The molecule has 3 heterocycles. The van der Waals surface area contributed by atoms with E-state index in [0.717, 1.165) is 44.5 Å². The first kappa shape index (κ1) is 38.4. The third kappa shape index (κ3) is 5.89. The molecule has 0 fully saturated rings. The van der Waals surface area contributed by atoms with Gasteiger partial charge in [0.15, 0.2) is 0 Å². The molecule has 12 rings (SSSR count). The third-order valence-electron chi connectivity index (χ3n) is 13.8. The van der Waals surface area contributed by atoms with Gasteiger partial charge in [-0.05, 0) is 115 Å². The number of fused-ring (bicyclic) bond motifs is 10. The van der Waals surface area contributed by atoms with Crippen molar-refractivity contribution < 1.29 is 4.42 Å². The van der Waals surface area contributed by atoms with Gasteiger partial charge in [-0.1, -0.05) is 175 Å². The Morgan fingerprint density at radius 1 is 0.422 bits per heavy atom. The fraction of sp³-hybridized carbons (Fsp3) is 0.133. The van der Waals surface area contributed by atoms with Crippen LogP contribution in [0.2, 0.25) is 0 Å². The van der Waals surface area contributed by atoms with E-state index < -0.39 is 0 Å². The van der Waals surface area contributed by atoms with E-state index >= 15 is 0 Å². The maximum Gasteiger partial charge on any atom is 0.336 e. The number of hydrogen-bond donors (Lipinski definition) is 0. The molecule has 0 N–H and O–H groups in total. The van der Waals surface area contributed by atoms with E-state index in [4.69, 9.17) is 4.42 Å². The maximum absolute atomic E-state index is 7.19. The molecule has 0 unspecified atom stereocenters. The lowest BCUT2D eigenvalue weighted by Gasteiger charge is -2.46. The molecule has 0 saturated carbocycles. The zero-order chi connectivity index (χ0) is 43.5. The van der Waals surface area contributed by atoms with Gasteiger partial charge >= 0.3 is 6.85 Å². The third-order valence-corrected chi connectivity index (χ3v) is 13.8. The largest absolute Gasteiger partial charge is 0.456 e. The Morgan fingerprint density at radius 3 is 1.80 bits per heavy atom. The Hall–Kier alpha value is -7.30. The predicted octanol–water partition coefficient (Wildman–Crippen LogP) is 15.4. The first-order valence-electron chi connectivity index (χ1n) is 22.6. The monoisotopic (exact) mass is 824 g/mol. The van der Waals surface area contributed by atoms with Crippen molar-refractivity contribution in [2.75, 3.05) is 9.71 Å². The van der Waals surface area contributed by atoms with Gasteiger partial charge in [0.1, 0.15) is 11.2 Å². The van der Waals surface area contributed by atoms with Crippen LogP contribution in [0.25, 0.3) is 66.1 Å². The van der Waals surface area contributed by atoms with Crippen LogP contribution in [0.1, 0.15) is 52.7 Å². The Kier molecular flexibility index (Phi) is 8.46. The first-order chi connectivity index (χ1) is 31.0. The second kappa shape index (κ2) is 14.1. The molecule has 0 radical (unpaired) electrons. The van der Waals surface area contributed by atoms with Crippen LogP contribution in [-0.2, 0) is 10.8 Å². The fourth-order valence-electron chi connectivity index (χ4n) is 10.5. The van der Waals surface area contributed by atoms with Crippen molar-refractivity contribution in [1.82, 2.24) is 0 Å². The number of nitrogens with zero attached hydrogens (tertiary/aromatic N) is 2. The van der Waals surface area contributed by atoms with E-state index in [1.54, 1.807) is 0 Å². The highest BCUT2D eigenvalue weighted by Crippen LogP contribution is 2.52. The molecule has 9 aromatic carbocycles. The summed E-state index contributed by atoms with van der Waals surface area (Å²) in [6.07, 6.45) is 0. The quantitative estimate of drug-likeness (QED) is 0.165. The SMILES string of the molecule is CC(C)(C)c1ccc(N2B3c4c(cc5ccccc5c4-c4ccc(-c5ccccc5)cc42)N(c2ccc(C(C)(C)C)cc2-c2ccccc2)c2ccc4c(oc5ccccc54)c23)cc1. The highest BCUT2D eigenvalue weighted by molar-refractivity contribution is 6.95. The number of hydrogen-bond acceptors (Lipinski definition) is 3. The van der Waals surface area contributed by atoms with Crippen molar-refractivity contribution in [1.29, 1.82) is 0 Å². The summed E-state index contributed by atoms with van der Waals surface area (Å²) in [6, 6.07) is 69.9. The van der Waals surface area contributed by atoms with E-state index in [-0.39, 0.29) is 17.7 Å². The highest BCUT2D eigenvalue weighted by Gasteiger charge is 2.48. The Labute approximate surface area is 376 Å². The second-order valence-electron chi connectivity index (χ2n) is 19.7. The Balaban J connectivity index is 1.25. The van der Waals surface area contributed by atoms with Crippen LogP contribution < -0.4 is 20.6 Å². The molecule has 2 aliphatic heterocycles. The number of para-hydroxylation sites is 1. The summed E-state index contributed by atoms with van der Waals surface area (Å²) in [7, 11) is 0. The van der Waals surface area contributed by atoms with Crippen molar-refractivity contribution >= 4 is 78.9 Å². The smallest absolute Gasteiger partial charge is 0.336 e. The number of benzene rings is 9. The Bertz CT molecular complexity index is 3460. The molecule has 2 aliphatic rings. The lowest BCUT2D eigenvalue weighted by Crippen LogP contribution is -2.61. The van der Waals surface area contributed by atoms with Crippen LogP contribution >= 0.6 is 0 Å². The first-order valence-corrected chi connectivity index (χ1v) is 22.6. The van der Waals surface area contributed by atoms with Crippen molar-refractivity contribution in [2.45, 2.75) is 52.4 Å². The summed E-state index contributed by atoms with van der Waals surface area (Å²) in [5.41, 5.74) is 19.8. The summed E-state index contributed by atoms with van der Waals surface area (Å²) in [6.45, 7) is 13.6. The average Bonchev–Trinajstić information content (AvgIpc) is 3.70. The molecule has 0 atom stereocenters. The highest BCUT2D eigenvalue weighted by atomic mass is 16.3. The van der Waals surface area contributed by atoms with Crippen molar-refractivity contribution in [3.8, 4) is 33.4 Å². The van der Waals surface area contributed by atoms with Gasteiger partial charge in [0, 0.05) is 50.1 Å². The van der Waals surface area contributed by atoms with Gasteiger partial charge in [0.2, 0.25) is 0 Å². The molecule has 0 aliphatic carbocycles. The molecule has 4 heteroatoms. The van der Waals surface area contributed by atoms with Gasteiger partial charge in [-0.3, -0.25) is 0 Å². The van der Waals surface area contributed by atoms with Crippen LogP contribution in [0.4, 0.5) is 28.4 Å². The molecule has 64 heavy (non-hydrogen) atoms. The van der Waals surface area contributed by atoms with Gasteiger partial charge in [-0.2, -0.15) is 0 Å². The molecule has 10 aromatic rings. The molecule has 1 aromatic heterocycles. The zero-order valence-electron chi connectivity index (χ0n) is 37.3. The van der Waals surface area contributed by atoms with Crippen LogP contribution in [-0.4, -0.2) is 6.85 Å². The summed E-state index contributed by atoms with van der Waals surface area (Å²) in [4.78, 5) is 5.18. The van der Waals surface area contributed by atoms with Gasteiger partial charge in [0.25, 0.3) is 0 Å². The van der Waals surface area contributed by atoms with E-state index in [1.807, 2.05) is 0 Å². The second-order valence-corrected chi connectivity index (χ2v) is 19.7. The zero-order valence-corrected chi connectivity index (χ0v) is 37.3. The number of rotatable bonds is 4. The minimum absolute atomic E-state index is 0.00881. The standard InChI is InChI=1S/C60H49BN2O/c1-59(2,3)42-26-29-44(30-27-42)63-52-35-40(38-17-9-7-10-18-38)25-31-48(52)55-45-22-14-13-21-41(45)36-53-56(55)61(63)57-51(34-32-47-46-23-15-16-24-54(46)64-58(47)57)62(53)50-33-28-43(60(4,5)6)37-49(50)39-19-11-8-12-20-39/h7-37H,1-6H3. The van der Waals surface area contributed by atoms with E-state index in [0.29, 0.717) is 0 Å². The van der Waals surface area contributed by atoms with Crippen LogP contribution in [0, 0.1) is 0 Å². The summed E-state index contributed by atoms with van der Waals surface area (Å²) in [5, 5.41) is 4.70. The topological polar surface area (TPSA) is 19.6 Å². The van der Waals surface area contributed by atoms with Crippen LogP contribution in [0.5, 0.6) is 0 Å². The normalized spacial score (nSPS) is 13.4. The molecular weight excluding hydrogens is 775 g/mol.